The van der Waals surface area contributed by atoms with E-state index in [1.165, 1.54) is 4.91 Å². The average Bonchev–Trinajstić information content (AvgIpc) is 2.74. The first-order chi connectivity index (χ1) is 8.08. The molecule has 0 aromatic rings. The summed E-state index contributed by atoms with van der Waals surface area (Å²) in [5.41, 5.74) is -0.153. The summed E-state index contributed by atoms with van der Waals surface area (Å²) in [6, 6.07) is 1.72. The third-order valence-electron chi connectivity index (χ3n) is 2.75. The summed E-state index contributed by atoms with van der Waals surface area (Å²) in [6.07, 6.45) is 6.86. The van der Waals surface area contributed by atoms with Gasteiger partial charge in [-0.15, -0.1) is 11.8 Å². The van der Waals surface area contributed by atoms with Crippen LogP contribution in [0.1, 0.15) is 33.1 Å². The number of carbonyl (C=O) groups is 1. The van der Waals surface area contributed by atoms with Crippen molar-refractivity contribution in [1.29, 1.82) is 5.26 Å². The highest BCUT2D eigenvalue weighted by Gasteiger charge is 2.21. The van der Waals surface area contributed by atoms with Crippen LogP contribution in [0, 0.1) is 17.2 Å². The van der Waals surface area contributed by atoms with E-state index < -0.39 is 5.97 Å². The minimum atomic E-state index is -1.14. The predicted octanol–water partition coefficient (Wildman–Crippen LogP) is 3.35. The van der Waals surface area contributed by atoms with E-state index in [2.05, 4.69) is 19.9 Å². The van der Waals surface area contributed by atoms with Crippen LogP contribution in [-0.4, -0.2) is 16.3 Å². The number of nitriles is 1. The van der Waals surface area contributed by atoms with Crippen LogP contribution in [0.5, 0.6) is 0 Å². The van der Waals surface area contributed by atoms with E-state index in [-0.39, 0.29) is 10.8 Å². The van der Waals surface area contributed by atoms with Crippen LogP contribution in [0.15, 0.2) is 22.6 Å². The van der Waals surface area contributed by atoms with Gasteiger partial charge < -0.3 is 5.11 Å². The molecule has 17 heavy (non-hydrogen) atoms. The fraction of sp³-hybridized carbons (Fsp3) is 0.538. The Hall–Kier alpha value is -1.21. The lowest BCUT2D eigenvalue weighted by Gasteiger charge is -2.12. The standard InChI is InChI=1S/C13H17NO2S/c1-3-4-9(2)12-6-5-11(17-12)7-10(8-14)13(15)16/h6-7,9,11H,3-5H2,1-2H3,(H,15,16)/b10-7-. The van der Waals surface area contributed by atoms with Crippen molar-refractivity contribution >= 4 is 17.7 Å². The van der Waals surface area contributed by atoms with Gasteiger partial charge in [0.25, 0.3) is 0 Å². The van der Waals surface area contributed by atoms with Crippen molar-refractivity contribution in [2.75, 3.05) is 0 Å². The molecule has 1 N–H and O–H groups in total. The summed E-state index contributed by atoms with van der Waals surface area (Å²) in [6.45, 7) is 4.35. The second-order valence-electron chi connectivity index (χ2n) is 4.19. The molecule has 0 aliphatic carbocycles. The maximum Gasteiger partial charge on any atom is 0.346 e. The highest BCUT2D eigenvalue weighted by atomic mass is 32.2. The van der Waals surface area contributed by atoms with Gasteiger partial charge in [0, 0.05) is 5.25 Å². The summed E-state index contributed by atoms with van der Waals surface area (Å²) in [4.78, 5) is 12.0. The first kappa shape index (κ1) is 13.9. The van der Waals surface area contributed by atoms with Crippen LogP contribution >= 0.6 is 11.8 Å². The number of carboxylic acid groups (broad SMARTS) is 1. The van der Waals surface area contributed by atoms with Gasteiger partial charge in [0.2, 0.25) is 0 Å². The van der Waals surface area contributed by atoms with Gasteiger partial charge in [-0.05, 0) is 29.7 Å². The van der Waals surface area contributed by atoms with Gasteiger partial charge in [-0.3, -0.25) is 0 Å². The summed E-state index contributed by atoms with van der Waals surface area (Å²) in [7, 11) is 0. The molecule has 0 fully saturated rings. The highest BCUT2D eigenvalue weighted by Crippen LogP contribution is 2.39. The summed E-state index contributed by atoms with van der Waals surface area (Å²) >= 11 is 1.69. The molecule has 1 rings (SSSR count). The van der Waals surface area contributed by atoms with Crippen LogP contribution in [0.2, 0.25) is 0 Å². The molecule has 0 aromatic carbocycles. The Labute approximate surface area is 106 Å². The van der Waals surface area contributed by atoms with E-state index in [9.17, 15) is 4.79 Å². The molecule has 1 heterocycles. The van der Waals surface area contributed by atoms with Gasteiger partial charge in [-0.1, -0.05) is 26.3 Å². The van der Waals surface area contributed by atoms with Crippen molar-refractivity contribution in [3.8, 4) is 6.07 Å². The first-order valence-corrected chi connectivity index (χ1v) is 6.68. The number of hydrogen-bond acceptors (Lipinski definition) is 3. The zero-order valence-corrected chi connectivity index (χ0v) is 11.0. The molecule has 3 nitrogen and oxygen atoms in total. The van der Waals surface area contributed by atoms with Crippen molar-refractivity contribution in [3.63, 3.8) is 0 Å². The monoisotopic (exact) mass is 251 g/mol. The molecule has 0 radical (unpaired) electrons. The van der Waals surface area contributed by atoms with E-state index in [1.807, 2.05) is 0 Å². The largest absolute Gasteiger partial charge is 0.477 e. The van der Waals surface area contributed by atoms with E-state index in [0.29, 0.717) is 5.92 Å². The van der Waals surface area contributed by atoms with Crippen molar-refractivity contribution in [2.24, 2.45) is 5.92 Å². The number of nitrogens with zero attached hydrogens (tertiary/aromatic N) is 1. The van der Waals surface area contributed by atoms with Crippen LogP contribution in [0.3, 0.4) is 0 Å². The molecule has 0 saturated heterocycles. The number of carboxylic acids is 1. The summed E-state index contributed by atoms with van der Waals surface area (Å²) in [5.74, 6) is -0.595. The second kappa shape index (κ2) is 6.51. The van der Waals surface area contributed by atoms with E-state index in [0.717, 1.165) is 19.3 Å². The van der Waals surface area contributed by atoms with Gasteiger partial charge in [-0.25, -0.2) is 4.79 Å². The zero-order chi connectivity index (χ0) is 12.8. The fourth-order valence-corrected chi connectivity index (χ4v) is 3.13. The van der Waals surface area contributed by atoms with Gasteiger partial charge >= 0.3 is 5.97 Å². The lowest BCUT2D eigenvalue weighted by molar-refractivity contribution is -0.132. The Morgan fingerprint density at radius 2 is 2.53 bits per heavy atom. The third-order valence-corrected chi connectivity index (χ3v) is 4.22. The Morgan fingerprint density at radius 1 is 1.82 bits per heavy atom. The van der Waals surface area contributed by atoms with Gasteiger partial charge in [-0.2, -0.15) is 5.26 Å². The lowest BCUT2D eigenvalue weighted by atomic mass is 10.0. The van der Waals surface area contributed by atoms with Crippen LogP contribution in [0.4, 0.5) is 0 Å². The van der Waals surface area contributed by atoms with Crippen molar-refractivity contribution in [3.05, 3.63) is 22.6 Å². The van der Waals surface area contributed by atoms with E-state index >= 15 is 0 Å². The maximum absolute atomic E-state index is 10.7. The molecule has 0 aromatic heterocycles. The van der Waals surface area contributed by atoms with Gasteiger partial charge in [0.1, 0.15) is 11.6 Å². The Kier molecular flexibility index (Phi) is 5.30. The van der Waals surface area contributed by atoms with Crippen LogP contribution < -0.4 is 0 Å². The Morgan fingerprint density at radius 3 is 3.06 bits per heavy atom. The van der Waals surface area contributed by atoms with Crippen LogP contribution in [0.25, 0.3) is 0 Å². The number of thioether (sulfide) groups is 1. The molecule has 0 bridgehead atoms. The maximum atomic E-state index is 10.7. The quantitative estimate of drug-likeness (QED) is 0.601. The van der Waals surface area contributed by atoms with E-state index in [4.69, 9.17) is 10.4 Å². The number of allylic oxidation sites excluding steroid dienone is 2. The zero-order valence-electron chi connectivity index (χ0n) is 10.1. The van der Waals surface area contributed by atoms with Crippen molar-refractivity contribution in [2.45, 2.75) is 38.4 Å². The molecule has 1 aliphatic heterocycles. The molecule has 1 aliphatic rings. The lowest BCUT2D eigenvalue weighted by Crippen LogP contribution is -2.03. The molecular weight excluding hydrogens is 234 g/mol. The number of hydrogen-bond donors (Lipinski definition) is 1. The van der Waals surface area contributed by atoms with E-state index in [1.54, 1.807) is 23.9 Å². The van der Waals surface area contributed by atoms with Crippen molar-refractivity contribution in [1.82, 2.24) is 0 Å². The van der Waals surface area contributed by atoms with Gasteiger partial charge in [0.15, 0.2) is 0 Å². The number of aliphatic carboxylic acids is 1. The fourth-order valence-electron chi connectivity index (χ4n) is 1.84. The second-order valence-corrected chi connectivity index (χ2v) is 5.50. The highest BCUT2D eigenvalue weighted by molar-refractivity contribution is 8.04. The minimum absolute atomic E-state index is 0.107. The molecular formula is C13H17NO2S. The summed E-state index contributed by atoms with van der Waals surface area (Å²) in [5, 5.41) is 17.6. The summed E-state index contributed by atoms with van der Waals surface area (Å²) < 4.78 is 0. The smallest absolute Gasteiger partial charge is 0.346 e. The molecule has 0 spiro atoms. The number of rotatable bonds is 5. The van der Waals surface area contributed by atoms with Gasteiger partial charge in [0.05, 0.1) is 0 Å². The molecule has 0 amide bonds. The Bertz CT molecular complexity index is 393. The molecule has 2 atom stereocenters. The topological polar surface area (TPSA) is 61.1 Å². The SMILES string of the molecule is CCCC(C)C1=CCC(/C=C(/C#N)C(=O)O)S1. The predicted molar refractivity (Wildman–Crippen MR) is 69.5 cm³/mol. The molecule has 4 heteroatoms. The molecule has 0 saturated carbocycles. The van der Waals surface area contributed by atoms with Crippen molar-refractivity contribution < 1.29 is 9.90 Å². The molecule has 92 valence electrons. The molecule has 2 unspecified atom stereocenters. The normalized spacial score (nSPS) is 21.8. The van der Waals surface area contributed by atoms with Crippen LogP contribution in [-0.2, 0) is 4.79 Å². The first-order valence-electron chi connectivity index (χ1n) is 5.80. The third kappa shape index (κ3) is 3.94. The Balaban J connectivity index is 2.60. The average molecular weight is 251 g/mol. The minimum Gasteiger partial charge on any atom is -0.477 e.